The molecule has 0 bridgehead atoms. The van der Waals surface area contributed by atoms with Crippen molar-refractivity contribution in [2.45, 2.75) is 6.92 Å². The van der Waals surface area contributed by atoms with Gasteiger partial charge in [-0.2, -0.15) is 0 Å². The third-order valence-electron chi connectivity index (χ3n) is 9.81. The number of imidazole rings is 1. The highest BCUT2D eigenvalue weighted by Gasteiger charge is 2.32. The van der Waals surface area contributed by atoms with Gasteiger partial charge < -0.3 is 0 Å². The number of aromatic nitrogens is 3. The van der Waals surface area contributed by atoms with Gasteiger partial charge in [-0.3, -0.25) is 4.57 Å². The first kappa shape index (κ1) is 31.2. The average Bonchev–Trinajstić information content (AvgIpc) is 3.60. The van der Waals surface area contributed by atoms with Crippen LogP contribution in [0.25, 0.3) is 83.9 Å². The Morgan fingerprint density at radius 2 is 0.731 bits per heavy atom. The quantitative estimate of drug-likeness (QED) is 0.170. The summed E-state index contributed by atoms with van der Waals surface area (Å²) >= 11 is 0. The second-order valence-corrected chi connectivity index (χ2v) is 13.0. The lowest BCUT2D eigenvalue weighted by molar-refractivity contribution is 1.06. The molecule has 0 amide bonds. The molecule has 3 heteroatoms. The predicted molar refractivity (Wildman–Crippen MR) is 216 cm³/mol. The molecular formula is C49H35N3. The van der Waals surface area contributed by atoms with Gasteiger partial charge >= 0.3 is 0 Å². The van der Waals surface area contributed by atoms with E-state index in [9.17, 15) is 0 Å². The molecule has 0 unspecified atom stereocenters. The van der Waals surface area contributed by atoms with E-state index in [1.807, 2.05) is 12.3 Å². The molecule has 9 aromatic rings. The number of aryl methyl sites for hydroxylation is 1. The van der Waals surface area contributed by atoms with Crippen LogP contribution in [0, 0.1) is 6.92 Å². The molecule has 52 heavy (non-hydrogen) atoms. The minimum Gasteiger partial charge on any atom is -0.276 e. The largest absolute Gasteiger partial charge is 0.276 e. The molecule has 2 heterocycles. The van der Waals surface area contributed by atoms with Crippen LogP contribution in [0.15, 0.2) is 194 Å². The molecule has 0 atom stereocenters. The Morgan fingerprint density at radius 3 is 1.13 bits per heavy atom. The third kappa shape index (κ3) is 5.40. The average molecular weight is 666 g/mol. The van der Waals surface area contributed by atoms with Crippen molar-refractivity contribution in [1.29, 1.82) is 0 Å². The van der Waals surface area contributed by atoms with E-state index in [0.717, 1.165) is 83.9 Å². The Bertz CT molecular complexity index is 2540. The molecule has 246 valence electrons. The van der Waals surface area contributed by atoms with E-state index in [4.69, 9.17) is 9.97 Å². The van der Waals surface area contributed by atoms with Crippen LogP contribution in [0.1, 0.15) is 5.56 Å². The fourth-order valence-electron chi connectivity index (χ4n) is 7.56. The third-order valence-corrected chi connectivity index (χ3v) is 9.81. The summed E-state index contributed by atoms with van der Waals surface area (Å²) in [5.74, 6) is 0.842. The van der Waals surface area contributed by atoms with Crippen LogP contribution in [-0.2, 0) is 0 Å². The van der Waals surface area contributed by atoms with Gasteiger partial charge in [0.2, 0.25) is 0 Å². The summed E-state index contributed by atoms with van der Waals surface area (Å²) in [6, 6.07) is 66.7. The maximum absolute atomic E-state index is 5.55. The van der Waals surface area contributed by atoms with E-state index in [1.165, 1.54) is 5.56 Å². The Balaban J connectivity index is 1.62. The lowest BCUT2D eigenvalue weighted by Gasteiger charge is -2.28. The Kier molecular flexibility index (Phi) is 8.07. The standard InChI is InChI=1S/C49H35N3/c1-34-20-17-18-32-41(34)52-48-40(31-19-33-50-48)51-49(52)47-45(38-27-13-5-14-28-38)43(36-23-9-3-10-24-36)42(35-21-7-2-8-22-35)44(37-25-11-4-12-26-37)46(47)39-29-15-6-16-30-39/h2-33H,1H3. The Morgan fingerprint density at radius 1 is 0.365 bits per heavy atom. The molecule has 0 saturated heterocycles. The van der Waals surface area contributed by atoms with Crippen LogP contribution in [0.3, 0.4) is 0 Å². The summed E-state index contributed by atoms with van der Waals surface area (Å²) in [7, 11) is 0. The summed E-state index contributed by atoms with van der Waals surface area (Å²) in [6.07, 6.45) is 1.86. The fraction of sp³-hybridized carbons (Fsp3) is 0.0204. The van der Waals surface area contributed by atoms with Gasteiger partial charge in [0.05, 0.1) is 5.69 Å². The Hall–Kier alpha value is -6.84. The number of nitrogens with zero attached hydrogens (tertiary/aromatic N) is 3. The maximum Gasteiger partial charge on any atom is 0.164 e. The van der Waals surface area contributed by atoms with Gasteiger partial charge in [-0.25, -0.2) is 9.97 Å². The summed E-state index contributed by atoms with van der Waals surface area (Å²) in [5.41, 5.74) is 16.3. The first-order valence-corrected chi connectivity index (χ1v) is 17.7. The normalized spacial score (nSPS) is 11.2. The summed E-state index contributed by atoms with van der Waals surface area (Å²) < 4.78 is 2.27. The van der Waals surface area contributed by atoms with Crippen molar-refractivity contribution in [3.63, 3.8) is 0 Å². The van der Waals surface area contributed by atoms with Crippen molar-refractivity contribution < 1.29 is 0 Å². The first-order valence-electron chi connectivity index (χ1n) is 17.7. The lowest BCUT2D eigenvalue weighted by Crippen LogP contribution is -2.06. The minimum atomic E-state index is 0.819. The molecule has 0 fully saturated rings. The van der Waals surface area contributed by atoms with Crippen molar-refractivity contribution in [1.82, 2.24) is 14.5 Å². The van der Waals surface area contributed by atoms with E-state index >= 15 is 0 Å². The number of benzene rings is 7. The van der Waals surface area contributed by atoms with E-state index in [1.54, 1.807) is 0 Å². The number of fused-ring (bicyclic) bond motifs is 1. The highest BCUT2D eigenvalue weighted by molar-refractivity contribution is 6.15. The summed E-state index contributed by atoms with van der Waals surface area (Å²) in [6.45, 7) is 2.16. The zero-order chi connectivity index (χ0) is 34.9. The molecule has 3 nitrogen and oxygen atoms in total. The molecule has 0 aliphatic carbocycles. The molecule has 0 spiro atoms. The van der Waals surface area contributed by atoms with E-state index in [-0.39, 0.29) is 0 Å². The highest BCUT2D eigenvalue weighted by atomic mass is 15.1. The van der Waals surface area contributed by atoms with Crippen LogP contribution in [0.5, 0.6) is 0 Å². The number of para-hydroxylation sites is 1. The van der Waals surface area contributed by atoms with Gasteiger partial charge in [0.15, 0.2) is 5.65 Å². The van der Waals surface area contributed by atoms with Crippen molar-refractivity contribution in [2.75, 3.05) is 0 Å². The van der Waals surface area contributed by atoms with Gasteiger partial charge in [0.25, 0.3) is 0 Å². The van der Waals surface area contributed by atoms with Crippen LogP contribution in [-0.4, -0.2) is 14.5 Å². The van der Waals surface area contributed by atoms with Crippen molar-refractivity contribution in [2.24, 2.45) is 0 Å². The number of pyridine rings is 1. The predicted octanol–water partition coefficient (Wildman–Crippen LogP) is 12.7. The molecular weight excluding hydrogens is 631 g/mol. The molecule has 0 saturated carbocycles. The molecule has 2 aromatic heterocycles. The summed E-state index contributed by atoms with van der Waals surface area (Å²) in [5, 5.41) is 0. The molecule has 0 aliphatic rings. The molecule has 7 aromatic carbocycles. The van der Waals surface area contributed by atoms with Gasteiger partial charge in [-0.15, -0.1) is 0 Å². The van der Waals surface area contributed by atoms with Crippen LogP contribution in [0.4, 0.5) is 0 Å². The minimum absolute atomic E-state index is 0.819. The van der Waals surface area contributed by atoms with Gasteiger partial charge in [0.1, 0.15) is 11.3 Å². The van der Waals surface area contributed by atoms with Crippen LogP contribution >= 0.6 is 0 Å². The zero-order valence-electron chi connectivity index (χ0n) is 28.8. The molecule has 0 aliphatic heterocycles. The van der Waals surface area contributed by atoms with Gasteiger partial charge in [0, 0.05) is 22.9 Å². The second kappa shape index (κ2) is 13.5. The second-order valence-electron chi connectivity index (χ2n) is 13.0. The summed E-state index contributed by atoms with van der Waals surface area (Å²) in [4.78, 5) is 10.5. The smallest absolute Gasteiger partial charge is 0.164 e. The van der Waals surface area contributed by atoms with Crippen molar-refractivity contribution in [3.8, 4) is 72.7 Å². The highest BCUT2D eigenvalue weighted by Crippen LogP contribution is 2.56. The molecule has 0 N–H and O–H groups in total. The number of hydrogen-bond acceptors (Lipinski definition) is 2. The van der Waals surface area contributed by atoms with Crippen molar-refractivity contribution in [3.05, 3.63) is 200 Å². The van der Waals surface area contributed by atoms with Crippen molar-refractivity contribution >= 4 is 11.2 Å². The number of hydrogen-bond donors (Lipinski definition) is 0. The first-order chi connectivity index (χ1) is 25.8. The Labute approximate surface area is 304 Å². The zero-order valence-corrected chi connectivity index (χ0v) is 28.8. The van der Waals surface area contributed by atoms with Gasteiger partial charge in [-0.1, -0.05) is 170 Å². The van der Waals surface area contributed by atoms with E-state index in [0.29, 0.717) is 0 Å². The van der Waals surface area contributed by atoms with Crippen LogP contribution in [0.2, 0.25) is 0 Å². The SMILES string of the molecule is Cc1ccccc1-n1c(-c2c(-c3ccccc3)c(-c3ccccc3)c(-c3ccccc3)c(-c3ccccc3)c2-c2ccccc2)nc2cccnc21. The van der Waals surface area contributed by atoms with E-state index < -0.39 is 0 Å². The number of rotatable bonds is 7. The van der Waals surface area contributed by atoms with Gasteiger partial charge in [-0.05, 0) is 75.2 Å². The maximum atomic E-state index is 5.55. The fourth-order valence-corrected chi connectivity index (χ4v) is 7.56. The van der Waals surface area contributed by atoms with E-state index in [2.05, 4.69) is 193 Å². The monoisotopic (exact) mass is 665 g/mol. The topological polar surface area (TPSA) is 30.7 Å². The molecule has 0 radical (unpaired) electrons. The molecule has 9 rings (SSSR count). The van der Waals surface area contributed by atoms with Crippen LogP contribution < -0.4 is 0 Å². The lowest BCUT2D eigenvalue weighted by atomic mass is 9.75.